The summed E-state index contributed by atoms with van der Waals surface area (Å²) in [5.74, 6) is 0. The van der Waals surface area contributed by atoms with E-state index in [1.165, 1.54) is 11.8 Å². The van der Waals surface area contributed by atoms with Crippen LogP contribution in [0.15, 0.2) is 35.2 Å². The second-order valence-corrected chi connectivity index (χ2v) is 3.40. The lowest BCUT2D eigenvalue weighted by molar-refractivity contribution is 0.180. The Hall–Kier alpha value is -1.21. The maximum Gasteiger partial charge on any atom is 0.0391 e. The Morgan fingerprint density at radius 2 is 2.29 bits per heavy atom. The van der Waals surface area contributed by atoms with Crippen LogP contribution in [-0.2, 0) is 0 Å². The normalized spacial score (nSPS) is 10.3. The van der Waals surface area contributed by atoms with Crippen molar-refractivity contribution < 1.29 is 5.21 Å². The predicted molar refractivity (Wildman–Crippen MR) is 60.0 cm³/mol. The zero-order valence-corrected chi connectivity index (χ0v) is 8.42. The van der Waals surface area contributed by atoms with Gasteiger partial charge < -0.3 is 5.21 Å². The highest BCUT2D eigenvalue weighted by atomic mass is 32.2. The molecule has 3 heteroatoms. The van der Waals surface area contributed by atoms with E-state index in [1.807, 2.05) is 36.4 Å². The number of hydrogen-bond donors (Lipinski definition) is 2. The fraction of sp³-hybridized carbons (Fsp3) is 0.0909. The molecular weight excluding hydrogens is 194 g/mol. The molecule has 0 aromatic heterocycles. The number of terminal acetylenes is 1. The Bertz CT molecular complexity index is 355. The first kappa shape index (κ1) is 10.9. The molecule has 2 nitrogen and oxygen atoms in total. The molecule has 0 radical (unpaired) electrons. The summed E-state index contributed by atoms with van der Waals surface area (Å²) in [5, 5.41) is 10.9. The smallest absolute Gasteiger partial charge is 0.0391 e. The van der Waals surface area contributed by atoms with Crippen LogP contribution in [0.2, 0.25) is 0 Å². The van der Waals surface area contributed by atoms with Gasteiger partial charge in [0, 0.05) is 11.4 Å². The lowest BCUT2D eigenvalue weighted by Crippen LogP contribution is -2.04. The summed E-state index contributed by atoms with van der Waals surface area (Å²) < 4.78 is 0. The van der Waals surface area contributed by atoms with Crippen molar-refractivity contribution >= 4 is 17.8 Å². The lowest BCUT2D eigenvalue weighted by Gasteiger charge is -2.00. The van der Waals surface area contributed by atoms with Crippen molar-refractivity contribution in [3.8, 4) is 11.7 Å². The van der Waals surface area contributed by atoms with E-state index in [1.54, 1.807) is 0 Å². The van der Waals surface area contributed by atoms with Crippen LogP contribution >= 0.6 is 11.8 Å². The average molecular weight is 205 g/mol. The molecule has 1 aromatic rings. The summed E-state index contributed by atoms with van der Waals surface area (Å²) in [6.45, 7) is 0.426. The van der Waals surface area contributed by atoms with Crippen molar-refractivity contribution in [1.29, 1.82) is 0 Å². The van der Waals surface area contributed by atoms with Gasteiger partial charge in [-0.2, -0.15) is 0 Å². The van der Waals surface area contributed by atoms with Gasteiger partial charge >= 0.3 is 0 Å². The molecule has 0 aliphatic heterocycles. The zero-order chi connectivity index (χ0) is 10.2. The first-order valence-corrected chi connectivity index (χ1v) is 4.95. The number of hydrogen-bond acceptors (Lipinski definition) is 3. The van der Waals surface area contributed by atoms with Crippen LogP contribution in [0.5, 0.6) is 0 Å². The van der Waals surface area contributed by atoms with Gasteiger partial charge in [-0.15, -0.1) is 6.42 Å². The van der Waals surface area contributed by atoms with E-state index < -0.39 is 0 Å². The Morgan fingerprint density at radius 1 is 1.50 bits per heavy atom. The summed E-state index contributed by atoms with van der Waals surface area (Å²) in [6.07, 6.45) is 8.97. The fourth-order valence-electron chi connectivity index (χ4n) is 1.01. The summed E-state index contributed by atoms with van der Waals surface area (Å²) in [5.41, 5.74) is 3.12. The van der Waals surface area contributed by atoms with Crippen molar-refractivity contribution in [2.75, 3.05) is 6.54 Å². The molecule has 0 saturated heterocycles. The van der Waals surface area contributed by atoms with Crippen LogP contribution in [0.25, 0.3) is 6.08 Å². The minimum absolute atomic E-state index is 0.426. The number of rotatable bonds is 4. The highest BCUT2D eigenvalue weighted by Gasteiger charge is 1.96. The van der Waals surface area contributed by atoms with Crippen LogP contribution in [0.4, 0.5) is 0 Å². The first-order chi connectivity index (χ1) is 6.88. The quantitative estimate of drug-likeness (QED) is 0.449. The average Bonchev–Trinajstić information content (AvgIpc) is 2.21. The molecule has 0 saturated carbocycles. The van der Waals surface area contributed by atoms with E-state index >= 15 is 0 Å². The number of hydroxylamine groups is 1. The monoisotopic (exact) mass is 205 g/mol. The topological polar surface area (TPSA) is 32.3 Å². The molecular formula is C11H11NOS. The third-order valence-corrected chi connectivity index (χ3v) is 2.30. The third-order valence-electron chi connectivity index (χ3n) is 1.59. The van der Waals surface area contributed by atoms with Crippen molar-refractivity contribution in [1.82, 2.24) is 5.48 Å². The first-order valence-electron chi connectivity index (χ1n) is 4.13. The largest absolute Gasteiger partial charge is 0.317 e. The molecule has 72 valence electrons. The molecule has 0 fully saturated rings. The molecule has 2 N–H and O–H groups in total. The van der Waals surface area contributed by atoms with Crippen molar-refractivity contribution in [2.45, 2.75) is 4.90 Å². The van der Waals surface area contributed by atoms with Gasteiger partial charge in [0.25, 0.3) is 0 Å². The van der Waals surface area contributed by atoms with Crippen molar-refractivity contribution in [3.05, 3.63) is 35.9 Å². The van der Waals surface area contributed by atoms with E-state index in [0.29, 0.717) is 6.54 Å². The van der Waals surface area contributed by atoms with Crippen LogP contribution in [-0.4, -0.2) is 11.8 Å². The standard InChI is InChI=1S/C11H11NOS/c1-2-14-11-8-4-3-6-10(11)7-5-9-12-13/h1,3-8,12-13H,9H2/b7-5+. The molecule has 0 aliphatic rings. The number of nitrogens with one attached hydrogen (secondary N) is 1. The van der Waals surface area contributed by atoms with Gasteiger partial charge in [0.05, 0.1) is 0 Å². The van der Waals surface area contributed by atoms with Gasteiger partial charge in [0.2, 0.25) is 0 Å². The van der Waals surface area contributed by atoms with Crippen molar-refractivity contribution in [3.63, 3.8) is 0 Å². The summed E-state index contributed by atoms with van der Waals surface area (Å²) in [4.78, 5) is 1.05. The van der Waals surface area contributed by atoms with Crippen LogP contribution in [0, 0.1) is 11.7 Å². The fourth-order valence-corrected chi connectivity index (χ4v) is 1.54. The SMILES string of the molecule is C#CSc1ccccc1/C=C/CNO. The summed E-state index contributed by atoms with van der Waals surface area (Å²) in [7, 11) is 0. The Kier molecular flexibility index (Phi) is 4.87. The van der Waals surface area contributed by atoms with Crippen LogP contribution < -0.4 is 5.48 Å². The summed E-state index contributed by atoms with van der Waals surface area (Å²) >= 11 is 1.35. The predicted octanol–water partition coefficient (Wildman–Crippen LogP) is 2.36. The Labute approximate surface area is 88.0 Å². The van der Waals surface area contributed by atoms with Gasteiger partial charge in [-0.25, -0.2) is 5.48 Å². The van der Waals surface area contributed by atoms with E-state index in [4.69, 9.17) is 11.6 Å². The molecule has 0 bridgehead atoms. The van der Waals surface area contributed by atoms with Crippen LogP contribution in [0.1, 0.15) is 5.56 Å². The molecule has 0 aliphatic carbocycles. The molecule has 0 heterocycles. The van der Waals surface area contributed by atoms with Gasteiger partial charge in [0.15, 0.2) is 0 Å². The Balaban J connectivity index is 2.79. The Morgan fingerprint density at radius 3 is 3.00 bits per heavy atom. The van der Waals surface area contributed by atoms with E-state index in [-0.39, 0.29) is 0 Å². The maximum atomic E-state index is 8.38. The highest BCUT2D eigenvalue weighted by molar-refractivity contribution is 8.04. The second-order valence-electron chi connectivity index (χ2n) is 2.52. The lowest BCUT2D eigenvalue weighted by atomic mass is 10.2. The van der Waals surface area contributed by atoms with Gasteiger partial charge in [-0.1, -0.05) is 30.4 Å². The molecule has 0 spiro atoms. The number of benzene rings is 1. The van der Waals surface area contributed by atoms with E-state index in [9.17, 15) is 0 Å². The molecule has 1 aromatic carbocycles. The minimum atomic E-state index is 0.426. The number of thioether (sulfide) groups is 1. The minimum Gasteiger partial charge on any atom is -0.317 e. The molecule has 1 rings (SSSR count). The molecule has 0 amide bonds. The van der Waals surface area contributed by atoms with E-state index in [2.05, 4.69) is 10.7 Å². The second kappa shape index (κ2) is 6.28. The third kappa shape index (κ3) is 3.27. The highest BCUT2D eigenvalue weighted by Crippen LogP contribution is 2.22. The van der Waals surface area contributed by atoms with Gasteiger partial charge in [0.1, 0.15) is 0 Å². The molecule has 0 atom stereocenters. The summed E-state index contributed by atoms with van der Waals surface area (Å²) in [6, 6.07) is 7.85. The maximum absolute atomic E-state index is 8.38. The zero-order valence-electron chi connectivity index (χ0n) is 7.60. The van der Waals surface area contributed by atoms with E-state index in [0.717, 1.165) is 10.5 Å². The van der Waals surface area contributed by atoms with Gasteiger partial charge in [-0.05, 0) is 28.6 Å². The van der Waals surface area contributed by atoms with Crippen molar-refractivity contribution in [2.24, 2.45) is 0 Å². The molecule has 0 unspecified atom stereocenters. The molecule has 14 heavy (non-hydrogen) atoms. The van der Waals surface area contributed by atoms with Crippen LogP contribution in [0.3, 0.4) is 0 Å². The van der Waals surface area contributed by atoms with Gasteiger partial charge in [-0.3, -0.25) is 0 Å².